The van der Waals surface area contributed by atoms with Crippen molar-refractivity contribution in [2.75, 3.05) is 74.9 Å². The molecule has 4 amide bonds. The number of nitrogens with zero attached hydrogens (tertiary/aromatic N) is 7. The van der Waals surface area contributed by atoms with Crippen molar-refractivity contribution >= 4 is 237 Å². The van der Waals surface area contributed by atoms with Crippen molar-refractivity contribution in [1.82, 2.24) is 51.1 Å². The van der Waals surface area contributed by atoms with Gasteiger partial charge in [-0.1, -0.05) is 125 Å². The van der Waals surface area contributed by atoms with Crippen LogP contribution in [-0.2, 0) is 61.9 Å². The average Bonchev–Trinajstić information content (AvgIpc) is 0.848. The minimum Gasteiger partial charge on any atom is -0.383 e. The van der Waals surface area contributed by atoms with Crippen LogP contribution in [0.15, 0.2) is 223 Å². The number of carbonyl (C=O) groups is 5. The van der Waals surface area contributed by atoms with Crippen LogP contribution in [0.5, 0.6) is 0 Å². The molecule has 0 radical (unpaired) electrons. The molecule has 14 N–H and O–H groups in total. The topological polar surface area (TPSA) is 353 Å². The van der Waals surface area contributed by atoms with Gasteiger partial charge in [-0.2, -0.15) is 0 Å². The molecule has 33 heteroatoms. The van der Waals surface area contributed by atoms with Crippen LogP contribution in [0.3, 0.4) is 0 Å². The highest BCUT2D eigenvalue weighted by molar-refractivity contribution is 9.10. The van der Waals surface area contributed by atoms with Gasteiger partial charge in [0.1, 0.15) is 29.1 Å². The Kier molecular flexibility index (Phi) is 33.7. The Morgan fingerprint density at radius 3 is 1.20 bits per heavy atom. The van der Waals surface area contributed by atoms with E-state index in [1.165, 1.54) is 56.7 Å². The molecule has 0 saturated carbocycles. The van der Waals surface area contributed by atoms with E-state index in [0.717, 1.165) is 125 Å². The fourth-order valence-electron chi connectivity index (χ4n) is 12.8. The maximum Gasteiger partial charge on any atom is 0.261 e. The van der Waals surface area contributed by atoms with Crippen molar-refractivity contribution in [2.24, 2.45) is 0 Å². The summed E-state index contributed by atoms with van der Waals surface area (Å²) in [5, 5.41) is 24.8. The van der Waals surface area contributed by atoms with Crippen LogP contribution in [-0.4, -0.2) is 101 Å². The SMILES string of the molecule is CN(C)CCCOCc1sc(C(=O)NCc2ccc3c(N)nccc3c2)cc1Cl.CN(C)c1ccc(COCc2sc(C(=O)CCc3ccc4c(N)nccc4c3)cc2Cl)cc1.Cc1sc(C(=O)NCc2ccc3c(N)nccc3c2)cc1Br.Nc1nccc2cc(CNC(=O)c3cc(Cl)cs3)ccc12.Nc1nccc2cc(CNC(=O)c3ccc(Cl)s3)ccc12. The zero-order valence-corrected chi connectivity index (χ0v) is 77.8. The molecule has 16 aromatic rings. The molecule has 10 aromatic heterocycles. The summed E-state index contributed by atoms with van der Waals surface area (Å²) in [4.78, 5) is 91.9. The number of thiophene rings is 5. The first-order chi connectivity index (χ1) is 60.6. The second-order valence-electron chi connectivity index (χ2n) is 29.2. The van der Waals surface area contributed by atoms with Gasteiger partial charge < -0.3 is 69.2 Å². The van der Waals surface area contributed by atoms with Gasteiger partial charge in [0.25, 0.3) is 23.6 Å². The lowest BCUT2D eigenvalue weighted by molar-refractivity contribution is 0.0947. The molecule has 10 heterocycles. The molecule has 0 fully saturated rings. The van der Waals surface area contributed by atoms with Gasteiger partial charge in [0.2, 0.25) is 0 Å². The van der Waals surface area contributed by atoms with E-state index in [1.54, 1.807) is 66.7 Å². The van der Waals surface area contributed by atoms with Crippen molar-refractivity contribution in [3.05, 3.63) is 315 Å². The summed E-state index contributed by atoms with van der Waals surface area (Å²) in [5.74, 6) is 2.19. The standard InChI is InChI=1S/C26H26ClN3O2S.C21H25ClN4O2S.C16H14BrN3OS.2C15H12ClN3OS/c1-30(2)20-7-3-18(4-8-20)15-32-16-25-22(27)14-24(33-25)23(31)10-6-17-5-9-21-19(13-17)11-12-29-26(21)28;1-26(2)8-3-9-28-13-19-17(22)11-18(29-19)21(27)25-12-14-4-5-16-15(10-14)6-7-24-20(16)23;1-9-13(17)7-14(22-9)16(21)20-8-10-2-3-12-11(6-10)4-5-19-15(12)18;16-11-6-13(21-8-11)15(20)19-7-9-1-2-12-10(5-9)3-4-18-14(12)17;16-13-4-3-12(21-13)15(20)19-8-9-1-2-11-10(7-9)5-6-18-14(11)17/h3-5,7-9,11-14H,6,10,15-16H2,1-2H3,(H2,28,29);4-7,10-11H,3,8-9,12-13H2,1-2H3,(H2,23,24)(H,25,27);2-7H,8H2,1H3,(H2,18,19)(H,20,21);1-6,8H,7H2,(H2,17,18)(H,19,20);1-7H,8H2,(H2,17,18)(H,19,20). The lowest BCUT2D eigenvalue weighted by Gasteiger charge is -2.12. The van der Waals surface area contributed by atoms with Gasteiger partial charge in [-0.05, 0) is 220 Å². The van der Waals surface area contributed by atoms with Crippen LogP contribution in [0, 0.1) is 6.92 Å². The first-order valence-corrected chi connectivity index (χ1v) is 45.8. The number of amides is 4. The highest BCUT2D eigenvalue weighted by atomic mass is 79.9. The van der Waals surface area contributed by atoms with E-state index in [2.05, 4.69) is 102 Å². The minimum atomic E-state index is -0.148. The molecule has 0 aliphatic carbocycles. The Labute approximate surface area is 776 Å². The maximum atomic E-state index is 12.8. The largest absolute Gasteiger partial charge is 0.383 e. The molecule has 0 atom stereocenters. The van der Waals surface area contributed by atoms with Crippen molar-refractivity contribution in [3.8, 4) is 0 Å². The van der Waals surface area contributed by atoms with E-state index in [4.69, 9.17) is 84.5 Å². The summed E-state index contributed by atoms with van der Waals surface area (Å²) in [5.41, 5.74) is 36.6. The molecule has 16 rings (SSSR count). The number of ketones is 1. The van der Waals surface area contributed by atoms with E-state index >= 15 is 0 Å². The first kappa shape index (κ1) is 93.9. The number of Topliss-reactive ketones (excluding diaryl/α,β-unsaturated/α-hetero) is 1. The minimum absolute atomic E-state index is 0.0619. The van der Waals surface area contributed by atoms with Crippen molar-refractivity contribution in [3.63, 3.8) is 0 Å². The molecule has 648 valence electrons. The Morgan fingerprint density at radius 2 is 0.802 bits per heavy atom. The highest BCUT2D eigenvalue weighted by Gasteiger charge is 2.19. The zero-order chi connectivity index (χ0) is 89.5. The van der Waals surface area contributed by atoms with Gasteiger partial charge >= 0.3 is 0 Å². The number of fused-ring (bicyclic) bond motifs is 5. The summed E-state index contributed by atoms with van der Waals surface area (Å²) >= 11 is 34.6. The molecule has 0 aliphatic heterocycles. The number of anilines is 6. The number of nitrogen functional groups attached to an aromatic ring is 5. The van der Waals surface area contributed by atoms with Crippen LogP contribution >= 0.6 is 119 Å². The normalized spacial score (nSPS) is 11.0. The molecular formula is C93H89BrCl4N16O7S5. The number of ether oxygens (including phenoxy) is 2. The summed E-state index contributed by atoms with van der Waals surface area (Å²) in [6.07, 6.45) is 10.4. The van der Waals surface area contributed by atoms with Gasteiger partial charge in [0.15, 0.2) is 5.78 Å². The van der Waals surface area contributed by atoms with Crippen molar-refractivity contribution in [1.29, 1.82) is 0 Å². The first-order valence-electron chi connectivity index (χ1n) is 39.4. The lowest BCUT2D eigenvalue weighted by atomic mass is 10.0. The molecule has 0 unspecified atom stereocenters. The van der Waals surface area contributed by atoms with E-state index < -0.39 is 0 Å². The Hall–Kier alpha value is -11.3. The number of pyridine rings is 5. The van der Waals surface area contributed by atoms with E-state index in [1.807, 2.05) is 156 Å². The third-order valence-corrected chi connectivity index (χ3v) is 27.3. The van der Waals surface area contributed by atoms with Crippen LogP contribution in [0.25, 0.3) is 53.9 Å². The number of rotatable bonds is 27. The predicted octanol–water partition coefficient (Wildman–Crippen LogP) is 20.9. The predicted molar refractivity (Wildman–Crippen MR) is 524 cm³/mol. The van der Waals surface area contributed by atoms with Crippen molar-refractivity contribution < 1.29 is 33.4 Å². The number of carbonyl (C=O) groups excluding carboxylic acids is 5. The summed E-state index contributed by atoms with van der Waals surface area (Å²) in [6.45, 7) is 6.71. The van der Waals surface area contributed by atoms with Crippen LogP contribution < -0.4 is 54.8 Å². The third kappa shape index (κ3) is 26.4. The van der Waals surface area contributed by atoms with Crippen LogP contribution in [0.4, 0.5) is 34.8 Å². The number of nitrogens with two attached hydrogens (primary N) is 5. The second kappa shape index (κ2) is 45.3. The number of aromatic nitrogens is 5. The Balaban J connectivity index is 0.000000145. The smallest absolute Gasteiger partial charge is 0.261 e. The number of aryl methyl sites for hydroxylation is 2. The van der Waals surface area contributed by atoms with E-state index in [9.17, 15) is 24.0 Å². The summed E-state index contributed by atoms with van der Waals surface area (Å²) in [7, 11) is 8.09. The Morgan fingerprint density at radius 1 is 0.413 bits per heavy atom. The number of benzene rings is 6. The monoisotopic (exact) mass is 1920 g/mol. The third-order valence-electron chi connectivity index (χ3n) is 19.5. The highest BCUT2D eigenvalue weighted by Crippen LogP contribution is 2.34. The molecule has 0 aliphatic rings. The molecule has 0 saturated heterocycles. The maximum absolute atomic E-state index is 12.8. The molecular weight excluding hydrogens is 1840 g/mol. The fourth-order valence-corrected chi connectivity index (χ4v) is 18.8. The molecule has 0 bridgehead atoms. The lowest BCUT2D eigenvalue weighted by Crippen LogP contribution is -2.21. The fraction of sp³-hybridized carbons (Fsp3) is 0.183. The molecule has 126 heavy (non-hydrogen) atoms. The summed E-state index contributed by atoms with van der Waals surface area (Å²) in [6, 6.07) is 57.7. The second-order valence-corrected chi connectivity index (χ2v) is 37.4. The molecule has 23 nitrogen and oxygen atoms in total. The van der Waals surface area contributed by atoms with Crippen molar-refractivity contribution in [2.45, 2.75) is 72.2 Å². The van der Waals surface area contributed by atoms with E-state index in [-0.39, 0.29) is 29.4 Å². The van der Waals surface area contributed by atoms with E-state index in [0.29, 0.717) is 138 Å². The number of nitrogens with one attached hydrogen (secondary N) is 4. The van der Waals surface area contributed by atoms with Gasteiger partial charge in [0, 0.05) is 141 Å². The van der Waals surface area contributed by atoms with Gasteiger partial charge in [-0.3, -0.25) is 24.0 Å². The number of halogens is 5. The number of hydrogen-bond acceptors (Lipinski definition) is 24. The van der Waals surface area contributed by atoms with Crippen LogP contribution in [0.1, 0.15) is 109 Å². The van der Waals surface area contributed by atoms with Gasteiger partial charge in [-0.15, -0.1) is 56.7 Å². The Bertz CT molecular complexity index is 6390. The van der Waals surface area contributed by atoms with Crippen LogP contribution in [0.2, 0.25) is 19.4 Å². The molecule has 6 aromatic carbocycles. The van der Waals surface area contributed by atoms with Gasteiger partial charge in [0.05, 0.1) is 63.6 Å². The number of hydrogen-bond donors (Lipinski definition) is 9. The molecule has 0 spiro atoms. The average molecular weight is 1920 g/mol. The zero-order valence-electron chi connectivity index (χ0n) is 69.1. The van der Waals surface area contributed by atoms with Gasteiger partial charge in [-0.25, -0.2) is 24.9 Å². The quantitative estimate of drug-likeness (QED) is 0.0171. The summed E-state index contributed by atoms with van der Waals surface area (Å²) < 4.78 is 13.1.